The van der Waals surface area contributed by atoms with Gasteiger partial charge < -0.3 is 24.4 Å². The summed E-state index contributed by atoms with van der Waals surface area (Å²) in [4.78, 5) is 34.8. The van der Waals surface area contributed by atoms with E-state index in [0.717, 1.165) is 12.2 Å². The van der Waals surface area contributed by atoms with Crippen LogP contribution in [0.5, 0.6) is 0 Å². The van der Waals surface area contributed by atoms with Gasteiger partial charge in [-0.15, -0.1) is 0 Å². The van der Waals surface area contributed by atoms with Gasteiger partial charge in [-0.2, -0.15) is 0 Å². The second kappa shape index (κ2) is 8.07. The first-order chi connectivity index (χ1) is 10.8. The Balaban J connectivity index is 5.38. The predicted octanol–water partition coefficient (Wildman–Crippen LogP) is 0.679. The number of hydrogen-bond donors (Lipinski definition) is 2. The molecule has 0 aromatic carbocycles. The summed E-state index contributed by atoms with van der Waals surface area (Å²) in [6, 6.07) is 0. The highest BCUT2D eigenvalue weighted by atomic mass is 16.8. The van der Waals surface area contributed by atoms with E-state index in [-0.39, 0.29) is 0 Å². The van der Waals surface area contributed by atoms with Crippen molar-refractivity contribution in [1.29, 1.82) is 0 Å². The molecule has 0 heterocycles. The molecule has 0 aliphatic heterocycles. The Kier molecular flexibility index (Phi) is 7.33. The molecule has 0 spiro atoms. The summed E-state index contributed by atoms with van der Waals surface area (Å²) >= 11 is 0. The Hall–Kier alpha value is -2.19. The Labute approximate surface area is 140 Å². The Morgan fingerprint density at radius 3 is 1.75 bits per heavy atom. The minimum atomic E-state index is -2.73. The molecule has 0 saturated carbocycles. The standard InChI is InChI=1S/C16H24O8/c1-7-11(18)23-16(21,24-12(19)8-2)15(5,6)10-22-13(20)14(3,4)9-17/h7-8,17,21H,1-2,9-10H2,3-6H3. The highest BCUT2D eigenvalue weighted by Gasteiger charge is 2.52. The summed E-state index contributed by atoms with van der Waals surface area (Å²) < 4.78 is 14.5. The van der Waals surface area contributed by atoms with E-state index in [2.05, 4.69) is 13.2 Å². The molecule has 2 N–H and O–H groups in total. The smallest absolute Gasteiger partial charge is 0.382 e. The SMILES string of the molecule is C=CC(=O)OC(O)(OC(=O)C=C)C(C)(C)COC(=O)C(C)(C)CO. The van der Waals surface area contributed by atoms with Gasteiger partial charge in [-0.05, 0) is 27.7 Å². The van der Waals surface area contributed by atoms with Crippen LogP contribution in [0.2, 0.25) is 0 Å². The van der Waals surface area contributed by atoms with Gasteiger partial charge in [0.2, 0.25) is 0 Å². The van der Waals surface area contributed by atoms with Crippen LogP contribution in [-0.4, -0.2) is 47.3 Å². The Bertz CT molecular complexity index is 496. The third-order valence-electron chi connectivity index (χ3n) is 3.18. The molecule has 0 aromatic heterocycles. The lowest BCUT2D eigenvalue weighted by Crippen LogP contribution is -2.54. The molecule has 8 heteroatoms. The normalized spacial score (nSPS) is 12.1. The lowest BCUT2D eigenvalue weighted by Gasteiger charge is -2.38. The van der Waals surface area contributed by atoms with Gasteiger partial charge in [-0.1, -0.05) is 13.2 Å². The van der Waals surface area contributed by atoms with Gasteiger partial charge in [0, 0.05) is 12.2 Å². The van der Waals surface area contributed by atoms with Crippen molar-refractivity contribution in [2.75, 3.05) is 13.2 Å². The molecule has 0 unspecified atom stereocenters. The van der Waals surface area contributed by atoms with Crippen molar-refractivity contribution in [2.24, 2.45) is 10.8 Å². The third-order valence-corrected chi connectivity index (χ3v) is 3.18. The molecule has 0 rings (SSSR count). The number of hydrogen-bond acceptors (Lipinski definition) is 8. The first kappa shape index (κ1) is 21.8. The highest BCUT2D eigenvalue weighted by molar-refractivity contribution is 5.83. The van der Waals surface area contributed by atoms with Crippen molar-refractivity contribution in [3.8, 4) is 0 Å². The van der Waals surface area contributed by atoms with Gasteiger partial charge >= 0.3 is 23.9 Å². The fourth-order valence-electron chi connectivity index (χ4n) is 1.25. The molecule has 0 amide bonds. The van der Waals surface area contributed by atoms with Crippen LogP contribution in [0.1, 0.15) is 27.7 Å². The van der Waals surface area contributed by atoms with Crippen LogP contribution in [0.4, 0.5) is 0 Å². The van der Waals surface area contributed by atoms with Crippen LogP contribution in [0.15, 0.2) is 25.3 Å². The minimum absolute atomic E-state index is 0.451. The number of aliphatic hydroxyl groups excluding tert-OH is 1. The molecule has 24 heavy (non-hydrogen) atoms. The molecule has 136 valence electrons. The van der Waals surface area contributed by atoms with Gasteiger partial charge in [0.05, 0.1) is 12.0 Å². The maximum Gasteiger partial charge on any atom is 0.382 e. The van der Waals surface area contributed by atoms with Crippen LogP contribution in [-0.2, 0) is 28.6 Å². The zero-order valence-corrected chi connectivity index (χ0v) is 14.3. The van der Waals surface area contributed by atoms with Crippen molar-refractivity contribution >= 4 is 17.9 Å². The number of rotatable bonds is 9. The van der Waals surface area contributed by atoms with Gasteiger partial charge in [0.15, 0.2) is 0 Å². The molecule has 0 atom stereocenters. The van der Waals surface area contributed by atoms with Gasteiger partial charge in [0.25, 0.3) is 0 Å². The summed E-state index contributed by atoms with van der Waals surface area (Å²) in [5.41, 5.74) is -2.70. The number of aliphatic hydroxyl groups is 2. The zero-order chi connectivity index (χ0) is 19.2. The number of ether oxygens (including phenoxy) is 3. The molecular weight excluding hydrogens is 320 g/mol. The summed E-state index contributed by atoms with van der Waals surface area (Å²) in [5.74, 6) is -5.58. The van der Waals surface area contributed by atoms with Gasteiger partial charge in [0.1, 0.15) is 12.0 Å². The fourth-order valence-corrected chi connectivity index (χ4v) is 1.25. The van der Waals surface area contributed by atoms with Crippen molar-refractivity contribution in [3.05, 3.63) is 25.3 Å². The summed E-state index contributed by atoms with van der Waals surface area (Å²) in [5, 5.41) is 19.6. The van der Waals surface area contributed by atoms with E-state index in [1.807, 2.05) is 0 Å². The average Bonchev–Trinajstić information content (AvgIpc) is 2.51. The molecule has 8 nitrogen and oxygen atoms in total. The lowest BCUT2D eigenvalue weighted by molar-refractivity contribution is -0.372. The molecule has 0 aliphatic carbocycles. The van der Waals surface area contributed by atoms with Crippen LogP contribution in [0.25, 0.3) is 0 Å². The first-order valence-electron chi connectivity index (χ1n) is 7.06. The maximum atomic E-state index is 11.9. The van der Waals surface area contributed by atoms with Gasteiger partial charge in [-0.25, -0.2) is 9.59 Å². The number of carbonyl (C=O) groups excluding carboxylic acids is 3. The first-order valence-corrected chi connectivity index (χ1v) is 7.06. The molecule has 0 aromatic rings. The highest BCUT2D eigenvalue weighted by Crippen LogP contribution is 2.35. The Morgan fingerprint density at radius 2 is 1.42 bits per heavy atom. The van der Waals surface area contributed by atoms with E-state index < -0.39 is 47.9 Å². The fraction of sp³-hybridized carbons (Fsp3) is 0.562. The van der Waals surface area contributed by atoms with E-state index in [9.17, 15) is 19.5 Å². The van der Waals surface area contributed by atoms with E-state index in [1.54, 1.807) is 0 Å². The number of esters is 3. The molecule has 0 aliphatic rings. The van der Waals surface area contributed by atoms with Crippen LogP contribution in [0.3, 0.4) is 0 Å². The van der Waals surface area contributed by atoms with Crippen molar-refractivity contribution in [1.82, 2.24) is 0 Å². The second-order valence-electron chi connectivity index (χ2n) is 6.33. The lowest BCUT2D eigenvalue weighted by atomic mass is 9.90. The zero-order valence-electron chi connectivity index (χ0n) is 14.3. The largest absolute Gasteiger partial charge is 0.464 e. The van der Waals surface area contributed by atoms with E-state index in [4.69, 9.17) is 19.3 Å². The van der Waals surface area contributed by atoms with Crippen LogP contribution < -0.4 is 0 Å². The molecule has 0 bridgehead atoms. The average molecular weight is 344 g/mol. The third kappa shape index (κ3) is 5.47. The van der Waals surface area contributed by atoms with Gasteiger partial charge in [-0.3, -0.25) is 4.79 Å². The summed E-state index contributed by atoms with van der Waals surface area (Å²) in [6.07, 6.45) is 1.54. The topological polar surface area (TPSA) is 119 Å². The number of carbonyl (C=O) groups is 3. The van der Waals surface area contributed by atoms with E-state index in [0.29, 0.717) is 0 Å². The summed E-state index contributed by atoms with van der Waals surface area (Å²) in [7, 11) is 0. The van der Waals surface area contributed by atoms with Crippen molar-refractivity contribution in [2.45, 2.75) is 33.7 Å². The molecule has 0 radical (unpaired) electrons. The predicted molar refractivity (Wildman–Crippen MR) is 83.1 cm³/mol. The second-order valence-corrected chi connectivity index (χ2v) is 6.33. The van der Waals surface area contributed by atoms with Crippen molar-refractivity contribution in [3.63, 3.8) is 0 Å². The minimum Gasteiger partial charge on any atom is -0.464 e. The maximum absolute atomic E-state index is 11.9. The van der Waals surface area contributed by atoms with E-state index >= 15 is 0 Å². The van der Waals surface area contributed by atoms with Crippen molar-refractivity contribution < 1.29 is 38.8 Å². The summed E-state index contributed by atoms with van der Waals surface area (Å²) in [6.45, 7) is 11.1. The van der Waals surface area contributed by atoms with Crippen LogP contribution in [0, 0.1) is 10.8 Å². The van der Waals surface area contributed by atoms with Crippen LogP contribution >= 0.6 is 0 Å². The monoisotopic (exact) mass is 344 g/mol. The Morgan fingerprint density at radius 1 is 1.00 bits per heavy atom. The molecular formula is C16H24O8. The molecule has 0 fully saturated rings. The molecule has 0 saturated heterocycles. The quantitative estimate of drug-likeness (QED) is 0.356. The van der Waals surface area contributed by atoms with E-state index in [1.165, 1.54) is 27.7 Å².